The van der Waals surface area contributed by atoms with E-state index < -0.39 is 15.9 Å². The summed E-state index contributed by atoms with van der Waals surface area (Å²) in [4.78, 5) is 26.2. The van der Waals surface area contributed by atoms with Crippen LogP contribution in [-0.4, -0.2) is 26.3 Å². The van der Waals surface area contributed by atoms with Crippen molar-refractivity contribution in [2.45, 2.75) is 50.0 Å². The highest BCUT2D eigenvalue weighted by Gasteiger charge is 2.22. The molecule has 4 rings (SSSR count). The zero-order chi connectivity index (χ0) is 24.8. The number of hydrogen-bond acceptors (Lipinski definition) is 4. The molecule has 0 heterocycles. The maximum Gasteiger partial charge on any atom is 0.261 e. The quantitative estimate of drug-likeness (QED) is 0.427. The monoisotopic (exact) mass is 491 g/mol. The van der Waals surface area contributed by atoms with Gasteiger partial charge in [0, 0.05) is 6.04 Å². The van der Waals surface area contributed by atoms with Gasteiger partial charge in [0.25, 0.3) is 21.8 Å². The van der Waals surface area contributed by atoms with Crippen LogP contribution in [0.25, 0.3) is 0 Å². The number of sulfonamides is 1. The van der Waals surface area contributed by atoms with Crippen LogP contribution >= 0.6 is 0 Å². The number of hydrogen-bond donors (Lipinski definition) is 3. The van der Waals surface area contributed by atoms with Crippen molar-refractivity contribution in [2.24, 2.45) is 0 Å². The van der Waals surface area contributed by atoms with E-state index in [1.54, 1.807) is 48.5 Å². The summed E-state index contributed by atoms with van der Waals surface area (Å²) in [5.74, 6) is -0.758. The molecule has 0 spiro atoms. The summed E-state index contributed by atoms with van der Waals surface area (Å²) in [5.41, 5.74) is 1.96. The third-order valence-electron chi connectivity index (χ3n) is 6.11. The number of aryl methyl sites for hydroxylation is 1. The lowest BCUT2D eigenvalue weighted by molar-refractivity contribution is 0.0928. The van der Waals surface area contributed by atoms with Crippen molar-refractivity contribution in [1.29, 1.82) is 0 Å². The minimum absolute atomic E-state index is 0.100. The van der Waals surface area contributed by atoms with Gasteiger partial charge < -0.3 is 10.6 Å². The molecular formula is C27H29N3O4S. The fourth-order valence-electron chi connectivity index (χ4n) is 4.18. The zero-order valence-electron chi connectivity index (χ0n) is 19.6. The first-order valence-electron chi connectivity index (χ1n) is 11.7. The Morgan fingerprint density at radius 1 is 0.743 bits per heavy atom. The fraction of sp³-hybridized carbons (Fsp3) is 0.259. The molecule has 35 heavy (non-hydrogen) atoms. The maximum atomic E-state index is 13.2. The molecule has 3 aromatic carbocycles. The molecule has 0 atom stereocenters. The first kappa shape index (κ1) is 24.5. The molecule has 1 aliphatic rings. The third kappa shape index (κ3) is 6.08. The average Bonchev–Trinajstić information content (AvgIpc) is 2.85. The Morgan fingerprint density at radius 2 is 1.31 bits per heavy atom. The summed E-state index contributed by atoms with van der Waals surface area (Å²) < 4.78 is 28.3. The van der Waals surface area contributed by atoms with Crippen LogP contribution in [0.5, 0.6) is 0 Å². The topological polar surface area (TPSA) is 104 Å². The lowest BCUT2D eigenvalue weighted by Crippen LogP contribution is -2.36. The molecule has 0 unspecified atom stereocenters. The Kier molecular flexibility index (Phi) is 7.51. The van der Waals surface area contributed by atoms with Crippen molar-refractivity contribution < 1.29 is 18.0 Å². The van der Waals surface area contributed by atoms with Gasteiger partial charge in [-0.15, -0.1) is 0 Å². The minimum atomic E-state index is -3.89. The molecule has 1 fully saturated rings. The fourth-order valence-corrected chi connectivity index (χ4v) is 5.26. The molecule has 0 aliphatic heterocycles. The molecule has 3 aromatic rings. The predicted octanol–water partition coefficient (Wildman–Crippen LogP) is 5.11. The Labute approximate surface area is 206 Å². The number of rotatable bonds is 7. The minimum Gasteiger partial charge on any atom is -0.349 e. The third-order valence-corrected chi connectivity index (χ3v) is 7.49. The van der Waals surface area contributed by atoms with Crippen LogP contribution in [0.2, 0.25) is 0 Å². The van der Waals surface area contributed by atoms with Gasteiger partial charge in [0.1, 0.15) is 0 Å². The number of nitrogens with one attached hydrogen (secondary N) is 3. The van der Waals surface area contributed by atoms with Gasteiger partial charge in [-0.2, -0.15) is 0 Å². The zero-order valence-corrected chi connectivity index (χ0v) is 20.4. The molecule has 2 amide bonds. The highest BCUT2D eigenvalue weighted by atomic mass is 32.2. The van der Waals surface area contributed by atoms with Crippen LogP contribution < -0.4 is 15.4 Å². The molecule has 0 saturated heterocycles. The highest BCUT2D eigenvalue weighted by Crippen LogP contribution is 2.24. The number of benzene rings is 3. The van der Waals surface area contributed by atoms with E-state index in [4.69, 9.17) is 0 Å². The molecule has 3 N–H and O–H groups in total. The van der Waals surface area contributed by atoms with Crippen molar-refractivity contribution in [3.05, 3.63) is 89.5 Å². The van der Waals surface area contributed by atoms with Crippen LogP contribution in [0.15, 0.2) is 77.7 Å². The second kappa shape index (κ2) is 10.7. The predicted molar refractivity (Wildman–Crippen MR) is 137 cm³/mol. The number of carbonyl (C=O) groups excluding carboxylic acids is 2. The van der Waals surface area contributed by atoms with E-state index in [9.17, 15) is 18.0 Å². The molecule has 1 aliphatic carbocycles. The van der Waals surface area contributed by atoms with Gasteiger partial charge >= 0.3 is 0 Å². The Bertz CT molecular complexity index is 1310. The van der Waals surface area contributed by atoms with Gasteiger partial charge in [0.05, 0.1) is 27.4 Å². The van der Waals surface area contributed by atoms with Crippen LogP contribution in [0.4, 0.5) is 11.4 Å². The number of anilines is 2. The van der Waals surface area contributed by atoms with E-state index >= 15 is 0 Å². The SMILES string of the molecule is Cc1ccc(S(=O)(=O)Nc2ccccc2C(=O)Nc2ccccc2C(=O)NC2CCCCC2)cc1. The largest absolute Gasteiger partial charge is 0.349 e. The second-order valence-electron chi connectivity index (χ2n) is 8.77. The number of para-hydroxylation sites is 2. The number of carbonyl (C=O) groups is 2. The normalized spacial score (nSPS) is 14.2. The van der Waals surface area contributed by atoms with Crippen LogP contribution in [0.1, 0.15) is 58.4 Å². The van der Waals surface area contributed by atoms with E-state index in [2.05, 4.69) is 15.4 Å². The molecule has 0 radical (unpaired) electrons. The van der Waals surface area contributed by atoms with E-state index in [-0.39, 0.29) is 28.1 Å². The van der Waals surface area contributed by atoms with E-state index in [0.717, 1.165) is 31.2 Å². The molecule has 0 bridgehead atoms. The molecule has 8 heteroatoms. The smallest absolute Gasteiger partial charge is 0.261 e. The summed E-state index contributed by atoms with van der Waals surface area (Å²) in [7, 11) is -3.89. The number of amides is 2. The Morgan fingerprint density at radius 3 is 1.97 bits per heavy atom. The molecule has 182 valence electrons. The maximum absolute atomic E-state index is 13.2. The van der Waals surface area contributed by atoms with Crippen molar-refractivity contribution >= 4 is 33.2 Å². The van der Waals surface area contributed by atoms with Crippen LogP contribution in [-0.2, 0) is 10.0 Å². The lowest BCUT2D eigenvalue weighted by atomic mass is 9.95. The van der Waals surface area contributed by atoms with Crippen molar-refractivity contribution in [3.63, 3.8) is 0 Å². The standard InChI is InChI=1S/C27H29N3O4S/c1-19-15-17-21(18-16-19)35(33,34)30-25-14-8-6-12-23(25)27(32)29-24-13-7-5-11-22(24)26(31)28-20-9-3-2-4-10-20/h5-8,11-18,20,30H,2-4,9-10H2,1H3,(H,28,31)(H,29,32). The second-order valence-corrected chi connectivity index (χ2v) is 10.5. The van der Waals surface area contributed by atoms with Crippen molar-refractivity contribution in [2.75, 3.05) is 10.0 Å². The Balaban J connectivity index is 1.54. The summed E-state index contributed by atoms with van der Waals surface area (Å²) in [5, 5.41) is 5.85. The van der Waals surface area contributed by atoms with Gasteiger partial charge in [0.2, 0.25) is 0 Å². The highest BCUT2D eigenvalue weighted by molar-refractivity contribution is 7.92. The molecular weight excluding hydrogens is 462 g/mol. The summed E-state index contributed by atoms with van der Waals surface area (Å²) in [6, 6.07) is 19.8. The summed E-state index contributed by atoms with van der Waals surface area (Å²) in [6.45, 7) is 1.87. The van der Waals surface area contributed by atoms with Gasteiger partial charge in [-0.25, -0.2) is 8.42 Å². The summed E-state index contributed by atoms with van der Waals surface area (Å²) in [6.07, 6.45) is 5.28. The van der Waals surface area contributed by atoms with E-state index in [1.807, 2.05) is 6.92 Å². The first-order valence-corrected chi connectivity index (χ1v) is 13.2. The molecule has 0 aromatic heterocycles. The van der Waals surface area contributed by atoms with E-state index in [0.29, 0.717) is 11.3 Å². The molecule has 1 saturated carbocycles. The summed E-state index contributed by atoms with van der Waals surface area (Å²) >= 11 is 0. The van der Waals surface area contributed by atoms with Crippen molar-refractivity contribution in [1.82, 2.24) is 5.32 Å². The average molecular weight is 492 g/mol. The van der Waals surface area contributed by atoms with Crippen LogP contribution in [0, 0.1) is 6.92 Å². The first-order chi connectivity index (χ1) is 16.8. The van der Waals surface area contributed by atoms with E-state index in [1.165, 1.54) is 30.7 Å². The van der Waals surface area contributed by atoms with Gasteiger partial charge in [0.15, 0.2) is 0 Å². The lowest BCUT2D eigenvalue weighted by Gasteiger charge is -2.23. The van der Waals surface area contributed by atoms with Crippen molar-refractivity contribution in [3.8, 4) is 0 Å². The van der Waals surface area contributed by atoms with Gasteiger partial charge in [-0.1, -0.05) is 61.2 Å². The van der Waals surface area contributed by atoms with Gasteiger partial charge in [-0.3, -0.25) is 14.3 Å². The Hall–Kier alpha value is -3.65. The van der Waals surface area contributed by atoms with Gasteiger partial charge in [-0.05, 0) is 56.2 Å². The molecule has 7 nitrogen and oxygen atoms in total. The van der Waals surface area contributed by atoms with Crippen LogP contribution in [0.3, 0.4) is 0 Å².